The normalized spacial score (nSPS) is 9.33. The van der Waals surface area contributed by atoms with Gasteiger partial charge in [-0.1, -0.05) is 0 Å². The lowest BCUT2D eigenvalue weighted by molar-refractivity contribution is -0.390. The van der Waals surface area contributed by atoms with Crippen LogP contribution in [0.4, 0.5) is 5.82 Å². The quantitative estimate of drug-likeness (QED) is 0.471. The minimum atomic E-state index is -0.770. The number of rotatable bonds is 2. The van der Waals surface area contributed by atoms with Crippen molar-refractivity contribution in [2.75, 3.05) is 0 Å². The second-order valence-electron chi connectivity index (χ2n) is 1.92. The van der Waals surface area contributed by atoms with Crippen LogP contribution in [-0.2, 0) is 0 Å². The first kappa shape index (κ1) is 8.05. The highest BCUT2D eigenvalue weighted by atomic mass is 16.6. The van der Waals surface area contributed by atoms with Gasteiger partial charge >= 0.3 is 5.82 Å². The lowest BCUT2D eigenvalue weighted by atomic mass is 10.3. The largest absolute Gasteiger partial charge is 0.391 e. The maximum atomic E-state index is 10.5. The Bertz CT molecular complexity index is 308. The Morgan fingerprint density at radius 3 is 2.83 bits per heavy atom. The lowest BCUT2D eigenvalue weighted by Crippen LogP contribution is -2.12. The van der Waals surface area contributed by atoms with Gasteiger partial charge in [-0.25, -0.2) is 0 Å². The molecule has 0 radical (unpaired) electrons. The molecule has 0 aliphatic rings. The van der Waals surface area contributed by atoms with Crippen molar-refractivity contribution in [2.24, 2.45) is 5.73 Å². The van der Waals surface area contributed by atoms with E-state index in [1.165, 1.54) is 0 Å². The van der Waals surface area contributed by atoms with Crippen LogP contribution in [0.3, 0.4) is 0 Å². The number of carbonyl (C=O) groups excluding carboxylic acids is 1. The molecule has 1 aromatic heterocycles. The Labute approximate surface area is 66.4 Å². The summed E-state index contributed by atoms with van der Waals surface area (Å²) >= 11 is 0. The lowest BCUT2D eigenvalue weighted by Gasteiger charge is -1.91. The van der Waals surface area contributed by atoms with E-state index >= 15 is 0 Å². The highest BCUT2D eigenvalue weighted by molar-refractivity contribution is 5.92. The molecular weight excluding hydrogens is 164 g/mol. The number of carbonyl (C=O) groups is 1. The molecule has 0 bridgehead atoms. The smallest absolute Gasteiger partial charge is 0.366 e. The fourth-order valence-electron chi connectivity index (χ4n) is 0.579. The molecule has 2 N–H and O–H groups in total. The molecular formula is C5H4N4O3. The molecule has 7 heteroatoms. The van der Waals surface area contributed by atoms with Crippen LogP contribution in [-0.4, -0.2) is 21.0 Å². The van der Waals surface area contributed by atoms with Gasteiger partial charge in [0.2, 0.25) is 0 Å². The zero-order valence-corrected chi connectivity index (χ0v) is 5.80. The van der Waals surface area contributed by atoms with E-state index in [0.29, 0.717) is 0 Å². The topological polar surface area (TPSA) is 112 Å². The second-order valence-corrected chi connectivity index (χ2v) is 1.92. The molecule has 0 saturated heterocycles. The molecule has 7 nitrogen and oxygen atoms in total. The summed E-state index contributed by atoms with van der Waals surface area (Å²) in [6.45, 7) is 0. The molecule has 0 aromatic carbocycles. The predicted molar refractivity (Wildman–Crippen MR) is 37.2 cm³/mol. The van der Waals surface area contributed by atoms with Gasteiger partial charge in [-0.05, 0) is 10.0 Å². The van der Waals surface area contributed by atoms with Crippen LogP contribution < -0.4 is 5.73 Å². The Hall–Kier alpha value is -2.05. The number of nitrogens with two attached hydrogens (primary N) is 1. The SMILES string of the molecule is NC(=O)c1cnnc([N+](=O)[O-])c1. The maximum Gasteiger partial charge on any atom is 0.391 e. The Morgan fingerprint density at radius 2 is 2.33 bits per heavy atom. The predicted octanol–water partition coefficient (Wildman–Crippen LogP) is -0.516. The van der Waals surface area contributed by atoms with E-state index < -0.39 is 16.6 Å². The van der Waals surface area contributed by atoms with Crippen molar-refractivity contribution in [3.8, 4) is 0 Å². The van der Waals surface area contributed by atoms with Crippen LogP contribution in [0.2, 0.25) is 0 Å². The van der Waals surface area contributed by atoms with Gasteiger partial charge in [0.05, 0.1) is 22.9 Å². The summed E-state index contributed by atoms with van der Waals surface area (Å²) in [6.07, 6.45) is 1.06. The Kier molecular flexibility index (Phi) is 1.95. The average Bonchev–Trinajstić information content (AvgIpc) is 2.04. The molecule has 0 saturated carbocycles. The first-order valence-electron chi connectivity index (χ1n) is 2.88. The van der Waals surface area contributed by atoms with Crippen molar-refractivity contribution in [2.45, 2.75) is 0 Å². The highest BCUT2D eigenvalue weighted by Crippen LogP contribution is 2.05. The van der Waals surface area contributed by atoms with Gasteiger partial charge in [-0.15, -0.1) is 0 Å². The molecule has 62 valence electrons. The first-order chi connectivity index (χ1) is 5.61. The number of amides is 1. The highest BCUT2D eigenvalue weighted by Gasteiger charge is 2.11. The molecule has 0 aliphatic carbocycles. The van der Waals surface area contributed by atoms with E-state index in [0.717, 1.165) is 12.3 Å². The van der Waals surface area contributed by atoms with Crippen molar-refractivity contribution < 1.29 is 9.72 Å². The number of nitrogens with zero attached hydrogens (tertiary/aromatic N) is 3. The van der Waals surface area contributed by atoms with Crippen LogP contribution in [0.1, 0.15) is 10.4 Å². The number of nitro groups is 1. The summed E-state index contributed by atoms with van der Waals surface area (Å²) in [5.74, 6) is -1.26. The van der Waals surface area contributed by atoms with E-state index in [1.807, 2.05) is 0 Å². The van der Waals surface area contributed by atoms with E-state index in [2.05, 4.69) is 10.2 Å². The van der Waals surface area contributed by atoms with Gasteiger partial charge in [0.25, 0.3) is 5.91 Å². The Balaban J connectivity index is 3.12. The number of aromatic nitrogens is 2. The van der Waals surface area contributed by atoms with Gasteiger partial charge in [-0.3, -0.25) is 4.79 Å². The summed E-state index contributed by atoms with van der Waals surface area (Å²) in [6, 6.07) is 0.968. The summed E-state index contributed by atoms with van der Waals surface area (Å²) in [5.41, 5.74) is 4.82. The minimum Gasteiger partial charge on any atom is -0.366 e. The van der Waals surface area contributed by atoms with Crippen molar-refractivity contribution in [1.29, 1.82) is 0 Å². The molecule has 0 atom stereocenters. The van der Waals surface area contributed by atoms with Gasteiger partial charge in [0.1, 0.15) is 0 Å². The third-order valence-electron chi connectivity index (χ3n) is 1.11. The molecule has 1 aromatic rings. The summed E-state index contributed by atoms with van der Waals surface area (Å²) in [5, 5.41) is 16.5. The van der Waals surface area contributed by atoms with Gasteiger partial charge in [-0.2, -0.15) is 0 Å². The molecule has 1 heterocycles. The summed E-state index contributed by atoms with van der Waals surface area (Å²) in [7, 11) is 0. The van der Waals surface area contributed by atoms with Crippen LogP contribution in [0, 0.1) is 10.1 Å². The van der Waals surface area contributed by atoms with E-state index in [1.54, 1.807) is 0 Å². The molecule has 0 fully saturated rings. The van der Waals surface area contributed by atoms with Gasteiger partial charge in [0.15, 0.2) is 0 Å². The number of primary amides is 1. The molecule has 0 spiro atoms. The number of hydrogen-bond donors (Lipinski definition) is 1. The molecule has 0 aliphatic heterocycles. The minimum absolute atomic E-state index is 0.0308. The van der Waals surface area contributed by atoms with Gasteiger partial charge in [0, 0.05) is 0 Å². The molecule has 1 rings (SSSR count). The monoisotopic (exact) mass is 168 g/mol. The van der Waals surface area contributed by atoms with Crippen molar-refractivity contribution in [3.05, 3.63) is 27.9 Å². The Morgan fingerprint density at radius 1 is 1.67 bits per heavy atom. The molecule has 12 heavy (non-hydrogen) atoms. The van der Waals surface area contributed by atoms with Crippen LogP contribution in [0.5, 0.6) is 0 Å². The summed E-state index contributed by atoms with van der Waals surface area (Å²) < 4.78 is 0. The average molecular weight is 168 g/mol. The van der Waals surface area contributed by atoms with Crippen molar-refractivity contribution in [1.82, 2.24) is 10.2 Å². The van der Waals surface area contributed by atoms with Crippen LogP contribution in [0.15, 0.2) is 12.3 Å². The first-order valence-corrected chi connectivity index (χ1v) is 2.88. The van der Waals surface area contributed by atoms with Gasteiger partial charge < -0.3 is 15.8 Å². The van der Waals surface area contributed by atoms with Crippen molar-refractivity contribution >= 4 is 11.7 Å². The van der Waals surface area contributed by atoms with E-state index in [9.17, 15) is 14.9 Å². The third-order valence-corrected chi connectivity index (χ3v) is 1.11. The van der Waals surface area contributed by atoms with E-state index in [-0.39, 0.29) is 5.56 Å². The zero-order valence-electron chi connectivity index (χ0n) is 5.80. The fourth-order valence-corrected chi connectivity index (χ4v) is 0.579. The standard InChI is InChI=1S/C5H4N4O3/c6-5(10)3-1-4(9(11)12)8-7-2-3/h1-2H,(H2,6,10). The van der Waals surface area contributed by atoms with Crippen LogP contribution >= 0.6 is 0 Å². The zero-order chi connectivity index (χ0) is 9.14. The summed E-state index contributed by atoms with van der Waals surface area (Å²) in [4.78, 5) is 19.9. The number of hydrogen-bond acceptors (Lipinski definition) is 5. The van der Waals surface area contributed by atoms with Crippen molar-refractivity contribution in [3.63, 3.8) is 0 Å². The molecule has 0 unspecified atom stereocenters. The third kappa shape index (κ3) is 1.51. The second kappa shape index (κ2) is 2.91. The maximum absolute atomic E-state index is 10.5. The molecule has 1 amide bonds. The van der Waals surface area contributed by atoms with Crippen LogP contribution in [0.25, 0.3) is 0 Å². The van der Waals surface area contributed by atoms with E-state index in [4.69, 9.17) is 5.73 Å². The fraction of sp³-hybridized carbons (Fsp3) is 0.